The van der Waals surface area contributed by atoms with Crippen molar-refractivity contribution >= 4 is 0 Å². The van der Waals surface area contributed by atoms with E-state index < -0.39 is 11.3 Å². The van der Waals surface area contributed by atoms with E-state index in [0.29, 0.717) is 12.8 Å². The van der Waals surface area contributed by atoms with E-state index in [-0.39, 0.29) is 0 Å². The van der Waals surface area contributed by atoms with Crippen LogP contribution < -0.4 is 0 Å². The average molecular weight is 178 g/mol. The number of unbranched alkanes of at least 4 members (excludes halogenated alkanes) is 1. The normalized spacial score (nSPS) is 13.5. The van der Waals surface area contributed by atoms with Crippen LogP contribution in [0.4, 0.5) is 8.78 Å². The Bertz CT molecular complexity index is 101. The van der Waals surface area contributed by atoms with Crippen LogP contribution in [0.1, 0.15) is 53.4 Å². The Kier molecular flexibility index (Phi) is 4.15. The van der Waals surface area contributed by atoms with Crippen molar-refractivity contribution in [1.82, 2.24) is 0 Å². The monoisotopic (exact) mass is 178 g/mol. The van der Waals surface area contributed by atoms with E-state index >= 15 is 0 Å². The summed E-state index contributed by atoms with van der Waals surface area (Å²) in [5.41, 5.74) is -2.19. The molecule has 0 bridgehead atoms. The zero-order chi connectivity index (χ0) is 9.83. The van der Waals surface area contributed by atoms with Crippen LogP contribution in [0.25, 0.3) is 0 Å². The Hall–Kier alpha value is -0.140. The molecule has 12 heavy (non-hydrogen) atoms. The molecule has 0 spiro atoms. The van der Waals surface area contributed by atoms with Crippen LogP contribution in [-0.2, 0) is 0 Å². The molecule has 0 saturated heterocycles. The number of alkyl halides is 2. The van der Waals surface area contributed by atoms with Crippen molar-refractivity contribution in [3.63, 3.8) is 0 Å². The summed E-state index contributed by atoms with van der Waals surface area (Å²) < 4.78 is 25.8. The number of hydrogen-bond acceptors (Lipinski definition) is 0. The molecule has 74 valence electrons. The summed E-state index contributed by atoms with van der Waals surface area (Å²) in [5.74, 6) is 0. The van der Waals surface area contributed by atoms with Gasteiger partial charge in [-0.25, -0.2) is 8.78 Å². The van der Waals surface area contributed by atoms with Crippen LogP contribution in [0.5, 0.6) is 0 Å². The molecule has 0 N–H and O–H groups in total. The highest BCUT2D eigenvalue weighted by molar-refractivity contribution is 4.69. The van der Waals surface area contributed by atoms with Crippen LogP contribution in [0.15, 0.2) is 0 Å². The molecule has 0 aliphatic carbocycles. The Morgan fingerprint density at radius 3 is 1.17 bits per heavy atom. The Morgan fingerprint density at radius 2 is 1.00 bits per heavy atom. The summed E-state index contributed by atoms with van der Waals surface area (Å²) in [6.07, 6.45) is 2.61. The third-order valence-electron chi connectivity index (χ3n) is 1.79. The molecule has 0 radical (unpaired) electrons. The molecule has 0 fully saturated rings. The van der Waals surface area contributed by atoms with Gasteiger partial charge < -0.3 is 0 Å². The highest BCUT2D eigenvalue weighted by Gasteiger charge is 2.17. The summed E-state index contributed by atoms with van der Waals surface area (Å²) in [6.45, 7) is 6.25. The minimum Gasteiger partial charge on any atom is -0.245 e. The smallest absolute Gasteiger partial charge is 0.105 e. The fourth-order valence-corrected chi connectivity index (χ4v) is 1.09. The maximum Gasteiger partial charge on any atom is 0.105 e. The molecule has 0 heterocycles. The van der Waals surface area contributed by atoms with Crippen molar-refractivity contribution in [3.8, 4) is 0 Å². The van der Waals surface area contributed by atoms with E-state index in [1.807, 2.05) is 0 Å². The molecule has 0 rings (SSSR count). The van der Waals surface area contributed by atoms with Gasteiger partial charge in [-0.3, -0.25) is 0 Å². The van der Waals surface area contributed by atoms with Crippen molar-refractivity contribution in [2.45, 2.75) is 64.7 Å². The Morgan fingerprint density at radius 1 is 0.750 bits per heavy atom. The number of rotatable bonds is 5. The highest BCUT2D eigenvalue weighted by atomic mass is 19.1. The van der Waals surface area contributed by atoms with Crippen LogP contribution in [0, 0.1) is 0 Å². The van der Waals surface area contributed by atoms with Gasteiger partial charge in [0.05, 0.1) is 0 Å². The van der Waals surface area contributed by atoms with E-state index in [9.17, 15) is 8.78 Å². The first-order chi connectivity index (χ1) is 5.21. The van der Waals surface area contributed by atoms with E-state index in [2.05, 4.69) is 0 Å². The molecular weight excluding hydrogens is 158 g/mol. The molecule has 0 aliphatic rings. The first kappa shape index (κ1) is 11.9. The largest absolute Gasteiger partial charge is 0.245 e. The number of hydrogen-bond donors (Lipinski definition) is 0. The summed E-state index contributed by atoms with van der Waals surface area (Å²) in [7, 11) is 0. The zero-order valence-electron chi connectivity index (χ0n) is 8.58. The molecular formula is C10H20F2. The lowest BCUT2D eigenvalue weighted by Gasteiger charge is -2.16. The second kappa shape index (κ2) is 4.20. The predicted octanol–water partition coefficient (Wildman–Crippen LogP) is 4.04. The zero-order valence-corrected chi connectivity index (χ0v) is 8.58. The molecule has 0 aromatic carbocycles. The second-order valence-corrected chi connectivity index (χ2v) is 4.64. The summed E-state index contributed by atoms with van der Waals surface area (Å²) in [5, 5.41) is 0. The molecule has 0 unspecified atom stereocenters. The van der Waals surface area contributed by atoms with E-state index in [1.54, 1.807) is 27.7 Å². The van der Waals surface area contributed by atoms with E-state index in [4.69, 9.17) is 0 Å². The number of halogens is 2. The van der Waals surface area contributed by atoms with Gasteiger partial charge >= 0.3 is 0 Å². The van der Waals surface area contributed by atoms with Crippen LogP contribution >= 0.6 is 0 Å². The lowest BCUT2D eigenvalue weighted by molar-refractivity contribution is 0.173. The van der Waals surface area contributed by atoms with Gasteiger partial charge in [0.2, 0.25) is 0 Å². The highest BCUT2D eigenvalue weighted by Crippen LogP contribution is 2.22. The van der Waals surface area contributed by atoms with Crippen molar-refractivity contribution < 1.29 is 8.78 Å². The summed E-state index contributed by atoms with van der Waals surface area (Å²) in [4.78, 5) is 0. The van der Waals surface area contributed by atoms with Crippen molar-refractivity contribution in [3.05, 3.63) is 0 Å². The molecule has 0 nitrogen and oxygen atoms in total. The van der Waals surface area contributed by atoms with E-state index in [1.165, 1.54) is 0 Å². The SMILES string of the molecule is CC(C)(F)CCCCC(C)(C)F. The van der Waals surface area contributed by atoms with Gasteiger partial charge in [0.15, 0.2) is 0 Å². The minimum atomic E-state index is -1.10. The fraction of sp³-hybridized carbons (Fsp3) is 1.00. The standard InChI is InChI=1S/C10H20F2/c1-9(2,11)7-5-6-8-10(3,4)12/h5-8H2,1-4H3. The van der Waals surface area contributed by atoms with Gasteiger partial charge in [0.1, 0.15) is 11.3 Å². The molecule has 2 heteroatoms. The van der Waals surface area contributed by atoms with Crippen LogP contribution in [-0.4, -0.2) is 11.3 Å². The van der Waals surface area contributed by atoms with E-state index in [0.717, 1.165) is 12.8 Å². The maximum absolute atomic E-state index is 12.9. The molecule has 0 aromatic rings. The third-order valence-corrected chi connectivity index (χ3v) is 1.79. The lowest BCUT2D eigenvalue weighted by Crippen LogP contribution is -2.14. The summed E-state index contributed by atoms with van der Waals surface area (Å²) >= 11 is 0. The van der Waals surface area contributed by atoms with Gasteiger partial charge in [-0.2, -0.15) is 0 Å². The average Bonchev–Trinajstić information content (AvgIpc) is 1.76. The van der Waals surface area contributed by atoms with Crippen molar-refractivity contribution in [2.24, 2.45) is 0 Å². The quantitative estimate of drug-likeness (QED) is 0.557. The molecule has 0 aliphatic heterocycles. The van der Waals surface area contributed by atoms with Gasteiger partial charge in [-0.15, -0.1) is 0 Å². The second-order valence-electron chi connectivity index (χ2n) is 4.64. The maximum atomic E-state index is 12.9. The van der Waals surface area contributed by atoms with Gasteiger partial charge in [-0.1, -0.05) is 12.8 Å². The Balaban J connectivity index is 3.35. The first-order valence-electron chi connectivity index (χ1n) is 4.59. The fourth-order valence-electron chi connectivity index (χ4n) is 1.09. The van der Waals surface area contributed by atoms with Gasteiger partial charge in [0.25, 0.3) is 0 Å². The van der Waals surface area contributed by atoms with Crippen LogP contribution in [0.2, 0.25) is 0 Å². The molecule has 0 aromatic heterocycles. The first-order valence-corrected chi connectivity index (χ1v) is 4.59. The Labute approximate surface area is 74.4 Å². The molecule has 0 amide bonds. The van der Waals surface area contributed by atoms with Crippen molar-refractivity contribution in [2.75, 3.05) is 0 Å². The van der Waals surface area contributed by atoms with Gasteiger partial charge in [-0.05, 0) is 40.5 Å². The molecule has 0 saturated carbocycles. The lowest BCUT2D eigenvalue weighted by atomic mass is 9.98. The van der Waals surface area contributed by atoms with Crippen LogP contribution in [0.3, 0.4) is 0 Å². The van der Waals surface area contributed by atoms with Gasteiger partial charge in [0, 0.05) is 0 Å². The topological polar surface area (TPSA) is 0 Å². The summed E-state index contributed by atoms with van der Waals surface area (Å²) in [6, 6.07) is 0. The van der Waals surface area contributed by atoms with Crippen molar-refractivity contribution in [1.29, 1.82) is 0 Å². The predicted molar refractivity (Wildman–Crippen MR) is 48.8 cm³/mol. The minimum absolute atomic E-state index is 0.531. The molecule has 0 atom stereocenters. The third kappa shape index (κ3) is 9.86.